The number of aromatic nitrogens is 3. The van der Waals surface area contributed by atoms with Crippen molar-refractivity contribution in [3.63, 3.8) is 0 Å². The number of ether oxygens (including phenoxy) is 1. The molecule has 0 radical (unpaired) electrons. The monoisotopic (exact) mass is 276 g/mol. The molecule has 1 aromatic heterocycles. The van der Waals surface area contributed by atoms with Crippen molar-refractivity contribution >= 4 is 17.7 Å². The van der Waals surface area contributed by atoms with Gasteiger partial charge in [0.25, 0.3) is 0 Å². The second kappa shape index (κ2) is 6.38. The van der Waals surface area contributed by atoms with E-state index in [1.54, 1.807) is 0 Å². The fourth-order valence-electron chi connectivity index (χ4n) is 1.37. The van der Waals surface area contributed by atoms with E-state index >= 15 is 0 Å². The third-order valence-electron chi connectivity index (χ3n) is 2.28. The molecule has 1 aromatic carbocycles. The Morgan fingerprint density at radius 1 is 1.16 bits per heavy atom. The molecule has 19 heavy (non-hydrogen) atoms. The van der Waals surface area contributed by atoms with Gasteiger partial charge in [0.2, 0.25) is 11.1 Å². The normalized spacial score (nSPS) is 10.4. The van der Waals surface area contributed by atoms with Crippen LogP contribution in [0.5, 0.6) is 6.01 Å². The van der Waals surface area contributed by atoms with Gasteiger partial charge in [0.15, 0.2) is 0 Å². The van der Waals surface area contributed by atoms with Crippen LogP contribution in [0.15, 0.2) is 34.3 Å². The Morgan fingerprint density at radius 2 is 1.89 bits per heavy atom. The van der Waals surface area contributed by atoms with Crippen LogP contribution in [0.1, 0.15) is 18.9 Å². The SMILES string of the molecule is CCCOc1nc(N)nc(Sc2ccc(C)cc2)n1. The first-order valence-corrected chi connectivity index (χ1v) is 6.88. The predicted molar refractivity (Wildman–Crippen MR) is 75.3 cm³/mol. The fourth-order valence-corrected chi connectivity index (χ4v) is 2.11. The second-order valence-electron chi connectivity index (χ2n) is 4.02. The van der Waals surface area contributed by atoms with E-state index in [2.05, 4.69) is 15.0 Å². The summed E-state index contributed by atoms with van der Waals surface area (Å²) in [6.45, 7) is 4.64. The van der Waals surface area contributed by atoms with Crippen LogP contribution in [-0.4, -0.2) is 21.6 Å². The molecule has 5 nitrogen and oxygen atoms in total. The molecule has 0 spiro atoms. The van der Waals surface area contributed by atoms with Gasteiger partial charge in [-0.15, -0.1) is 0 Å². The van der Waals surface area contributed by atoms with Gasteiger partial charge < -0.3 is 10.5 Å². The molecule has 0 aliphatic carbocycles. The highest BCUT2D eigenvalue weighted by Crippen LogP contribution is 2.26. The van der Waals surface area contributed by atoms with Crippen molar-refractivity contribution in [2.45, 2.75) is 30.3 Å². The third kappa shape index (κ3) is 4.10. The largest absolute Gasteiger partial charge is 0.463 e. The second-order valence-corrected chi connectivity index (χ2v) is 5.06. The lowest BCUT2D eigenvalue weighted by molar-refractivity contribution is 0.288. The molecule has 0 aliphatic rings. The highest BCUT2D eigenvalue weighted by atomic mass is 32.2. The Balaban J connectivity index is 2.15. The first-order chi connectivity index (χ1) is 9.17. The number of nitrogens with two attached hydrogens (primary N) is 1. The summed E-state index contributed by atoms with van der Waals surface area (Å²) in [5.74, 6) is 0.177. The van der Waals surface area contributed by atoms with Gasteiger partial charge in [-0.1, -0.05) is 24.6 Å². The Labute approximate surface area is 116 Å². The quantitative estimate of drug-likeness (QED) is 0.905. The van der Waals surface area contributed by atoms with Crippen LogP contribution >= 0.6 is 11.8 Å². The molecule has 100 valence electrons. The van der Waals surface area contributed by atoms with E-state index in [1.807, 2.05) is 38.1 Å². The number of nitrogen functional groups attached to an aromatic ring is 1. The van der Waals surface area contributed by atoms with Crippen LogP contribution in [0.25, 0.3) is 0 Å². The number of benzene rings is 1. The smallest absolute Gasteiger partial charge is 0.322 e. The van der Waals surface area contributed by atoms with Crippen LogP contribution in [0, 0.1) is 6.92 Å². The van der Waals surface area contributed by atoms with Crippen molar-refractivity contribution in [3.05, 3.63) is 29.8 Å². The number of anilines is 1. The zero-order valence-electron chi connectivity index (χ0n) is 11.0. The van der Waals surface area contributed by atoms with E-state index in [0.29, 0.717) is 11.8 Å². The lowest BCUT2D eigenvalue weighted by Crippen LogP contribution is -2.05. The molecule has 2 N–H and O–H groups in total. The van der Waals surface area contributed by atoms with Crippen molar-refractivity contribution in [2.75, 3.05) is 12.3 Å². The average molecular weight is 276 g/mol. The van der Waals surface area contributed by atoms with Crippen molar-refractivity contribution in [1.82, 2.24) is 15.0 Å². The number of hydrogen-bond acceptors (Lipinski definition) is 6. The molecule has 1 heterocycles. The van der Waals surface area contributed by atoms with E-state index in [1.165, 1.54) is 17.3 Å². The standard InChI is InChI=1S/C13H16N4OS/c1-3-8-18-12-15-11(14)16-13(17-12)19-10-6-4-9(2)5-7-10/h4-7H,3,8H2,1-2H3,(H2,14,15,16,17). The molecule has 0 fully saturated rings. The first-order valence-electron chi connectivity index (χ1n) is 6.06. The number of nitrogens with zero attached hydrogens (tertiary/aromatic N) is 3. The van der Waals surface area contributed by atoms with E-state index in [0.717, 1.165) is 11.3 Å². The average Bonchev–Trinajstić information content (AvgIpc) is 2.38. The topological polar surface area (TPSA) is 73.9 Å². The van der Waals surface area contributed by atoms with E-state index < -0.39 is 0 Å². The number of rotatable bonds is 5. The molecule has 2 rings (SSSR count). The minimum absolute atomic E-state index is 0.177. The molecule has 2 aromatic rings. The predicted octanol–water partition coefficient (Wildman–Crippen LogP) is 2.70. The first kappa shape index (κ1) is 13.6. The summed E-state index contributed by atoms with van der Waals surface area (Å²) >= 11 is 1.44. The maximum absolute atomic E-state index is 5.65. The molecule has 6 heteroatoms. The number of aryl methyl sites for hydroxylation is 1. The zero-order valence-corrected chi connectivity index (χ0v) is 11.8. The van der Waals surface area contributed by atoms with Gasteiger partial charge in [-0.25, -0.2) is 0 Å². The van der Waals surface area contributed by atoms with E-state index in [-0.39, 0.29) is 12.0 Å². The van der Waals surface area contributed by atoms with Crippen molar-refractivity contribution in [3.8, 4) is 6.01 Å². The molecule has 0 unspecified atom stereocenters. The highest BCUT2D eigenvalue weighted by Gasteiger charge is 2.07. The number of hydrogen-bond donors (Lipinski definition) is 1. The molecule has 0 amide bonds. The Bertz CT molecular complexity index is 545. The molecule has 0 saturated heterocycles. The summed E-state index contributed by atoms with van der Waals surface area (Å²) in [7, 11) is 0. The molecule has 0 bridgehead atoms. The molecular weight excluding hydrogens is 260 g/mol. The van der Waals surface area contributed by atoms with Gasteiger partial charge in [-0.05, 0) is 37.2 Å². The van der Waals surface area contributed by atoms with Crippen LogP contribution < -0.4 is 10.5 Å². The van der Waals surface area contributed by atoms with Gasteiger partial charge in [0.05, 0.1) is 6.61 Å². The summed E-state index contributed by atoms with van der Waals surface area (Å²) in [5, 5.41) is 0.544. The maximum atomic E-state index is 5.65. The maximum Gasteiger partial charge on any atom is 0.322 e. The lowest BCUT2D eigenvalue weighted by atomic mass is 10.2. The Kier molecular flexibility index (Phi) is 4.57. The summed E-state index contributed by atoms with van der Waals surface area (Å²) < 4.78 is 5.38. The van der Waals surface area contributed by atoms with Crippen molar-refractivity contribution < 1.29 is 4.74 Å². The van der Waals surface area contributed by atoms with E-state index in [4.69, 9.17) is 10.5 Å². The third-order valence-corrected chi connectivity index (χ3v) is 3.15. The summed E-state index contributed by atoms with van der Waals surface area (Å²) in [6.07, 6.45) is 0.895. The van der Waals surface area contributed by atoms with Gasteiger partial charge in [-0.2, -0.15) is 15.0 Å². The van der Waals surface area contributed by atoms with Gasteiger partial charge in [0.1, 0.15) is 0 Å². The lowest BCUT2D eigenvalue weighted by Gasteiger charge is -2.05. The van der Waals surface area contributed by atoms with Gasteiger partial charge >= 0.3 is 6.01 Å². The van der Waals surface area contributed by atoms with Crippen LogP contribution in [0.2, 0.25) is 0 Å². The van der Waals surface area contributed by atoms with Crippen LogP contribution in [0.3, 0.4) is 0 Å². The van der Waals surface area contributed by atoms with Crippen molar-refractivity contribution in [2.24, 2.45) is 0 Å². The summed E-state index contributed by atoms with van der Waals surface area (Å²) in [5.41, 5.74) is 6.87. The van der Waals surface area contributed by atoms with E-state index in [9.17, 15) is 0 Å². The molecular formula is C13H16N4OS. The minimum Gasteiger partial charge on any atom is -0.463 e. The minimum atomic E-state index is 0.177. The fraction of sp³-hybridized carbons (Fsp3) is 0.308. The van der Waals surface area contributed by atoms with Crippen LogP contribution in [-0.2, 0) is 0 Å². The van der Waals surface area contributed by atoms with Gasteiger partial charge in [0, 0.05) is 4.90 Å². The highest BCUT2D eigenvalue weighted by molar-refractivity contribution is 7.99. The van der Waals surface area contributed by atoms with Crippen LogP contribution in [0.4, 0.5) is 5.95 Å². The van der Waals surface area contributed by atoms with Gasteiger partial charge in [-0.3, -0.25) is 0 Å². The Hall–Kier alpha value is -1.82. The zero-order chi connectivity index (χ0) is 13.7. The summed E-state index contributed by atoms with van der Waals surface area (Å²) in [4.78, 5) is 13.3. The Morgan fingerprint density at radius 3 is 2.58 bits per heavy atom. The summed E-state index contributed by atoms with van der Waals surface area (Å²) in [6, 6.07) is 8.41. The molecule has 0 saturated carbocycles. The van der Waals surface area contributed by atoms with Crippen molar-refractivity contribution in [1.29, 1.82) is 0 Å². The molecule has 0 aliphatic heterocycles. The molecule has 0 atom stereocenters.